The minimum atomic E-state index is -3.33. The van der Waals surface area contributed by atoms with Crippen LogP contribution in [0.3, 0.4) is 0 Å². The number of benzene rings is 2. The zero-order valence-corrected chi connectivity index (χ0v) is 16.4. The summed E-state index contributed by atoms with van der Waals surface area (Å²) in [5.74, 6) is 0.196. The van der Waals surface area contributed by atoms with Crippen LogP contribution in [0.5, 0.6) is 5.75 Å². The molecule has 0 spiro atoms. The van der Waals surface area contributed by atoms with Crippen molar-refractivity contribution in [1.29, 1.82) is 0 Å². The van der Waals surface area contributed by atoms with E-state index < -0.39 is 25.8 Å². The molecule has 3 rings (SSSR count). The number of nitrogens with zero attached hydrogens (tertiary/aromatic N) is 1. The predicted molar refractivity (Wildman–Crippen MR) is 103 cm³/mol. The Morgan fingerprint density at radius 1 is 1.00 bits per heavy atom. The number of nitrogens with one attached hydrogen (secondary N) is 1. The molecule has 5 nitrogen and oxygen atoms in total. The van der Waals surface area contributed by atoms with Crippen LogP contribution >= 0.6 is 0 Å². The van der Waals surface area contributed by atoms with Crippen LogP contribution < -0.4 is 13.4 Å². The van der Waals surface area contributed by atoms with Crippen molar-refractivity contribution in [2.45, 2.75) is 0 Å². The van der Waals surface area contributed by atoms with Crippen LogP contribution in [-0.2, 0) is 10.0 Å². The summed E-state index contributed by atoms with van der Waals surface area (Å²) in [7, 11) is -3.33. The Kier molecular flexibility index (Phi) is 5.11. The topological polar surface area (TPSA) is 79.3 Å². The third-order valence-electron chi connectivity index (χ3n) is 3.37. The van der Waals surface area contributed by atoms with Crippen molar-refractivity contribution in [3.05, 3.63) is 67.0 Å². The van der Waals surface area contributed by atoms with E-state index in [9.17, 15) is 13.5 Å². The van der Waals surface area contributed by atoms with Gasteiger partial charge in [0.2, 0.25) is 0 Å². The Balaban J connectivity index is 1.94. The first kappa shape index (κ1) is 17.5. The molecule has 0 radical (unpaired) electrons. The summed E-state index contributed by atoms with van der Waals surface area (Å²) < 4.78 is 27.5. The van der Waals surface area contributed by atoms with Crippen molar-refractivity contribution in [1.82, 2.24) is 4.98 Å². The minimum absolute atomic E-state index is 0.196. The molecular weight excluding hydrogens is 399 g/mol. The van der Waals surface area contributed by atoms with Gasteiger partial charge in [0.25, 0.3) is 0 Å². The predicted octanol–water partition coefficient (Wildman–Crippen LogP) is 1.21. The van der Waals surface area contributed by atoms with Crippen LogP contribution in [0.4, 0.5) is 5.69 Å². The maximum absolute atomic E-state index is 11.4. The van der Waals surface area contributed by atoms with Gasteiger partial charge in [-0.05, 0) is 0 Å². The van der Waals surface area contributed by atoms with Gasteiger partial charge in [0, 0.05) is 0 Å². The van der Waals surface area contributed by atoms with E-state index in [-0.39, 0.29) is 5.75 Å². The van der Waals surface area contributed by atoms with E-state index in [1.807, 2.05) is 30.5 Å². The van der Waals surface area contributed by atoms with Gasteiger partial charge >= 0.3 is 154 Å². The summed E-state index contributed by atoms with van der Waals surface area (Å²) in [5, 5.41) is 10.1. The summed E-state index contributed by atoms with van der Waals surface area (Å²) in [6.07, 6.45) is 4.70. The molecule has 0 saturated heterocycles. The van der Waals surface area contributed by atoms with E-state index in [2.05, 4.69) is 9.71 Å². The average Bonchev–Trinajstić information content (AvgIpc) is 2.54. The number of sulfonamides is 1. The van der Waals surface area contributed by atoms with Gasteiger partial charge in [-0.25, -0.2) is 0 Å². The van der Waals surface area contributed by atoms with Gasteiger partial charge in [-0.2, -0.15) is 0 Å². The SMILES string of the molecule is CS(=O)(=O)Nc1cccc(-c2cc(O)cc([AsH]c3cccnc3)c2)c1. The average molecular weight is 416 g/mol. The summed E-state index contributed by atoms with van der Waals surface area (Å²) in [6.45, 7) is 0. The summed E-state index contributed by atoms with van der Waals surface area (Å²) in [6, 6.07) is 16.5. The fraction of sp³-hybridized carbons (Fsp3) is 0.0556. The van der Waals surface area contributed by atoms with Crippen molar-refractivity contribution in [2.24, 2.45) is 0 Å². The zero-order chi connectivity index (χ0) is 17.9. The molecule has 128 valence electrons. The second kappa shape index (κ2) is 7.29. The van der Waals surface area contributed by atoms with E-state index in [0.717, 1.165) is 21.7 Å². The van der Waals surface area contributed by atoms with E-state index in [1.54, 1.807) is 36.5 Å². The molecule has 0 aliphatic heterocycles. The molecule has 0 saturated carbocycles. The van der Waals surface area contributed by atoms with Gasteiger partial charge in [-0.1, -0.05) is 0 Å². The molecule has 1 heterocycles. The molecule has 2 aromatic carbocycles. The van der Waals surface area contributed by atoms with Crippen molar-refractivity contribution in [2.75, 3.05) is 11.0 Å². The number of hydrogen-bond acceptors (Lipinski definition) is 4. The molecule has 0 amide bonds. The summed E-state index contributed by atoms with van der Waals surface area (Å²) in [4.78, 5) is 4.13. The molecule has 0 aliphatic rings. The number of hydrogen-bond donors (Lipinski definition) is 2. The van der Waals surface area contributed by atoms with Crippen LogP contribution in [-0.4, -0.2) is 40.5 Å². The Labute approximate surface area is 153 Å². The van der Waals surface area contributed by atoms with Gasteiger partial charge in [-0.15, -0.1) is 0 Å². The molecule has 1 aromatic heterocycles. The van der Waals surface area contributed by atoms with Crippen LogP contribution in [0.25, 0.3) is 11.1 Å². The molecule has 2 N–H and O–H groups in total. The molecule has 0 fully saturated rings. The third-order valence-corrected chi connectivity index (χ3v) is 6.41. The maximum atomic E-state index is 11.4. The van der Waals surface area contributed by atoms with E-state index in [1.165, 1.54) is 4.35 Å². The van der Waals surface area contributed by atoms with Gasteiger partial charge in [-0.3, -0.25) is 0 Å². The normalized spacial score (nSPS) is 11.7. The Morgan fingerprint density at radius 2 is 1.84 bits per heavy atom. The van der Waals surface area contributed by atoms with Crippen LogP contribution in [0.15, 0.2) is 67.0 Å². The zero-order valence-electron chi connectivity index (χ0n) is 13.5. The van der Waals surface area contributed by atoms with Crippen LogP contribution in [0, 0.1) is 0 Å². The fourth-order valence-electron chi connectivity index (χ4n) is 2.43. The molecule has 1 atom stereocenters. The Bertz CT molecular complexity index is 992. The molecule has 25 heavy (non-hydrogen) atoms. The first-order valence-electron chi connectivity index (χ1n) is 7.48. The molecule has 0 aliphatic carbocycles. The van der Waals surface area contributed by atoms with E-state index >= 15 is 0 Å². The van der Waals surface area contributed by atoms with Crippen molar-refractivity contribution in [3.8, 4) is 16.9 Å². The third kappa shape index (κ3) is 5.08. The quantitative estimate of drug-likeness (QED) is 0.613. The second-order valence-electron chi connectivity index (χ2n) is 5.59. The number of aromatic hydroxyl groups is 1. The number of aromatic nitrogens is 1. The van der Waals surface area contributed by atoms with Crippen LogP contribution in [0.1, 0.15) is 0 Å². The van der Waals surface area contributed by atoms with Crippen LogP contribution in [0.2, 0.25) is 0 Å². The van der Waals surface area contributed by atoms with Crippen molar-refractivity contribution < 1.29 is 13.5 Å². The monoisotopic (exact) mass is 416 g/mol. The van der Waals surface area contributed by atoms with E-state index in [4.69, 9.17) is 0 Å². The van der Waals surface area contributed by atoms with Crippen molar-refractivity contribution in [3.63, 3.8) is 0 Å². The second-order valence-corrected chi connectivity index (χ2v) is 10.3. The Morgan fingerprint density at radius 3 is 2.56 bits per heavy atom. The fourth-order valence-corrected chi connectivity index (χ4v) is 5.29. The molecule has 3 aromatic rings. The number of pyridine rings is 1. The molecule has 7 heteroatoms. The molecular formula is C18H17AsN2O3S. The first-order chi connectivity index (χ1) is 11.9. The van der Waals surface area contributed by atoms with Gasteiger partial charge in [0.1, 0.15) is 0 Å². The van der Waals surface area contributed by atoms with E-state index in [0.29, 0.717) is 5.69 Å². The standard InChI is InChI=1S/C18H17AsN2O3S/c1-25(23,24)21-17-6-2-4-13(9-17)14-8-16(11-18(22)10-14)19-15-5-3-7-20-12-15/h2-12,19,21-22H,1H3. The number of rotatable bonds is 5. The summed E-state index contributed by atoms with van der Waals surface area (Å²) >= 11 is -0.613. The molecule has 0 bridgehead atoms. The Hall–Kier alpha value is -2.30. The number of phenols is 1. The van der Waals surface area contributed by atoms with Gasteiger partial charge in [0.15, 0.2) is 0 Å². The van der Waals surface area contributed by atoms with Gasteiger partial charge in [0.05, 0.1) is 0 Å². The first-order valence-corrected chi connectivity index (χ1v) is 11.5. The number of anilines is 1. The number of phenolic OH excluding ortho intramolecular Hbond substituents is 1. The summed E-state index contributed by atoms with van der Waals surface area (Å²) in [5.41, 5.74) is 2.18. The van der Waals surface area contributed by atoms with Crippen molar-refractivity contribution >= 4 is 40.2 Å². The molecule has 1 unspecified atom stereocenters. The van der Waals surface area contributed by atoms with Gasteiger partial charge < -0.3 is 0 Å².